The second kappa shape index (κ2) is 4.02. The third-order valence-electron chi connectivity index (χ3n) is 3.18. The fourth-order valence-electron chi connectivity index (χ4n) is 2.26. The summed E-state index contributed by atoms with van der Waals surface area (Å²) in [4.78, 5) is 3.06. The first-order valence-electron chi connectivity index (χ1n) is 5.25. The van der Waals surface area contributed by atoms with Gasteiger partial charge in [-0.3, -0.25) is 0 Å². The van der Waals surface area contributed by atoms with Crippen molar-refractivity contribution >= 4 is 19.1 Å². The highest BCUT2D eigenvalue weighted by Crippen LogP contribution is 2.41. The van der Waals surface area contributed by atoms with Gasteiger partial charge in [-0.25, -0.2) is 17.2 Å². The van der Waals surface area contributed by atoms with E-state index in [0.29, 0.717) is 24.1 Å². The Labute approximate surface area is 101 Å². The molecule has 1 N–H and O–H groups in total. The van der Waals surface area contributed by atoms with Gasteiger partial charge in [0.15, 0.2) is 9.84 Å². The zero-order valence-electron chi connectivity index (χ0n) is 9.33. The van der Waals surface area contributed by atoms with Gasteiger partial charge in [0.25, 0.3) is 5.66 Å². The topological polar surface area (TPSA) is 49.9 Å². The highest BCUT2D eigenvalue weighted by Gasteiger charge is 2.38. The van der Waals surface area contributed by atoms with Gasteiger partial charge in [-0.1, -0.05) is 9.24 Å². The molecule has 17 heavy (non-hydrogen) atoms. The predicted octanol–water partition coefficient (Wildman–Crippen LogP) is 1.99. The van der Waals surface area contributed by atoms with Crippen molar-refractivity contribution in [2.45, 2.75) is 29.8 Å². The van der Waals surface area contributed by atoms with Crippen LogP contribution >= 0.6 is 9.24 Å². The van der Waals surface area contributed by atoms with E-state index in [4.69, 9.17) is 0 Å². The van der Waals surface area contributed by atoms with Crippen LogP contribution in [-0.4, -0.2) is 25.3 Å². The van der Waals surface area contributed by atoms with Crippen LogP contribution in [0.3, 0.4) is 0 Å². The van der Waals surface area contributed by atoms with Crippen LogP contribution in [0.2, 0.25) is 0 Å². The maximum absolute atomic E-state index is 13.2. The van der Waals surface area contributed by atoms with E-state index < -0.39 is 21.4 Å². The second-order valence-corrected chi connectivity index (χ2v) is 7.25. The summed E-state index contributed by atoms with van der Waals surface area (Å²) in [6.07, 6.45) is 3.43. The van der Waals surface area contributed by atoms with Crippen LogP contribution in [-0.2, 0) is 22.7 Å². The molecule has 1 aliphatic rings. The maximum Gasteiger partial charge on any atom is 0.262 e. The Balaban J connectivity index is 2.34. The lowest BCUT2D eigenvalue weighted by molar-refractivity contribution is 0.0291. The molecule has 96 valence electrons. The fraction of sp³-hybridized carbons (Fsp3) is 0.600. The Bertz CT molecular complexity index is 533. The van der Waals surface area contributed by atoms with Crippen molar-refractivity contribution in [3.8, 4) is 0 Å². The lowest BCUT2D eigenvalue weighted by atomic mass is 9.88. The van der Waals surface area contributed by atoms with E-state index in [1.165, 1.54) is 6.20 Å². The highest BCUT2D eigenvalue weighted by molar-refractivity contribution is 7.90. The number of halogens is 2. The quantitative estimate of drug-likeness (QED) is 0.843. The number of sulfone groups is 1. The molecule has 1 aromatic rings. The summed E-state index contributed by atoms with van der Waals surface area (Å²) in [5.41, 5.74) is -1.49. The number of hydrogen-bond acceptors (Lipinski definition) is 2. The van der Waals surface area contributed by atoms with Crippen molar-refractivity contribution in [2.75, 3.05) is 6.26 Å². The number of hydrogen-bond donors (Lipinski definition) is 1. The molecule has 0 amide bonds. The average Bonchev–Trinajstić information content (AvgIpc) is 2.57. The minimum absolute atomic E-state index is 0.196. The monoisotopic (exact) mass is 281 g/mol. The molecule has 0 radical (unpaired) electrons. The first-order chi connectivity index (χ1) is 7.69. The molecule has 7 heteroatoms. The Morgan fingerprint density at radius 2 is 2.18 bits per heavy atom. The van der Waals surface area contributed by atoms with Crippen LogP contribution in [0.15, 0.2) is 11.1 Å². The molecule has 0 aliphatic heterocycles. The number of fused-ring (bicyclic) bond motifs is 1. The number of aromatic amines is 1. The van der Waals surface area contributed by atoms with Crippen molar-refractivity contribution in [2.24, 2.45) is 5.92 Å². The van der Waals surface area contributed by atoms with E-state index >= 15 is 0 Å². The number of H-pyrrole nitrogens is 1. The van der Waals surface area contributed by atoms with Crippen LogP contribution in [0.4, 0.5) is 8.78 Å². The molecule has 1 aliphatic carbocycles. The van der Waals surface area contributed by atoms with E-state index in [1.807, 2.05) is 0 Å². The van der Waals surface area contributed by atoms with Crippen LogP contribution in [0.25, 0.3) is 0 Å². The summed E-state index contributed by atoms with van der Waals surface area (Å²) < 4.78 is 49.3. The molecule has 0 fully saturated rings. The van der Waals surface area contributed by atoms with Gasteiger partial charge >= 0.3 is 0 Å². The van der Waals surface area contributed by atoms with Crippen LogP contribution < -0.4 is 0 Å². The lowest BCUT2D eigenvalue weighted by Gasteiger charge is -2.27. The summed E-state index contributed by atoms with van der Waals surface area (Å²) in [7, 11) is -1.71. The summed E-state index contributed by atoms with van der Waals surface area (Å²) in [5.74, 6) is -0.744. The van der Waals surface area contributed by atoms with Gasteiger partial charge < -0.3 is 4.98 Å². The van der Waals surface area contributed by atoms with E-state index in [-0.39, 0.29) is 11.3 Å². The second-order valence-electron chi connectivity index (χ2n) is 4.50. The first kappa shape index (κ1) is 13.0. The minimum atomic E-state index is -3.28. The number of aromatic nitrogens is 1. The van der Waals surface area contributed by atoms with Crippen molar-refractivity contribution in [3.05, 3.63) is 17.5 Å². The largest absolute Gasteiger partial charge is 0.364 e. The summed E-state index contributed by atoms with van der Waals surface area (Å²) >= 11 is 0. The summed E-state index contributed by atoms with van der Waals surface area (Å²) in [5, 5.41) is 0. The molecule has 1 aromatic heterocycles. The normalized spacial score (nSPS) is 21.3. The molecule has 0 saturated carbocycles. The molecule has 0 saturated heterocycles. The Morgan fingerprint density at radius 1 is 1.53 bits per heavy atom. The molecule has 3 nitrogen and oxygen atoms in total. The van der Waals surface area contributed by atoms with Gasteiger partial charge in [0.2, 0.25) is 0 Å². The minimum Gasteiger partial charge on any atom is -0.364 e. The van der Waals surface area contributed by atoms with Gasteiger partial charge in [0, 0.05) is 24.1 Å². The smallest absolute Gasteiger partial charge is 0.262 e. The molecule has 2 atom stereocenters. The Kier molecular flexibility index (Phi) is 3.07. The third kappa shape index (κ3) is 2.52. The van der Waals surface area contributed by atoms with Gasteiger partial charge in [-0.15, -0.1) is 0 Å². The van der Waals surface area contributed by atoms with Crippen LogP contribution in [0, 0.1) is 5.92 Å². The Hall–Kier alpha value is -0.480. The van der Waals surface area contributed by atoms with E-state index in [2.05, 4.69) is 4.98 Å². The highest BCUT2D eigenvalue weighted by atomic mass is 32.2. The Morgan fingerprint density at radius 3 is 2.71 bits per heavy atom. The van der Waals surface area contributed by atoms with Crippen molar-refractivity contribution in [3.63, 3.8) is 0 Å². The van der Waals surface area contributed by atoms with Crippen molar-refractivity contribution in [1.29, 1.82) is 0 Å². The fourth-order valence-corrected chi connectivity index (χ4v) is 3.49. The predicted molar refractivity (Wildman–Crippen MR) is 64.1 cm³/mol. The molecular formula is C10H14F2NO2PS. The third-order valence-corrected chi connectivity index (χ3v) is 4.81. The number of rotatable bonds is 2. The van der Waals surface area contributed by atoms with E-state index in [9.17, 15) is 17.2 Å². The molecule has 2 unspecified atom stereocenters. The van der Waals surface area contributed by atoms with Gasteiger partial charge in [0.05, 0.1) is 4.90 Å². The zero-order valence-corrected chi connectivity index (χ0v) is 11.3. The van der Waals surface area contributed by atoms with Crippen molar-refractivity contribution in [1.82, 2.24) is 4.98 Å². The van der Waals surface area contributed by atoms with Gasteiger partial charge in [-0.2, -0.15) is 0 Å². The molecule has 0 bridgehead atoms. The zero-order chi connectivity index (χ0) is 12.8. The van der Waals surface area contributed by atoms with Crippen LogP contribution in [0.1, 0.15) is 17.7 Å². The molecule has 0 aromatic carbocycles. The SMILES string of the molecule is CS(=O)(=O)c1c[nH]c2c1CCC(C(F)(F)P)C2. The molecule has 0 spiro atoms. The van der Waals surface area contributed by atoms with Crippen LogP contribution in [0.5, 0.6) is 0 Å². The average molecular weight is 281 g/mol. The molecular weight excluding hydrogens is 267 g/mol. The van der Waals surface area contributed by atoms with E-state index in [1.54, 1.807) is 9.24 Å². The molecule has 1 heterocycles. The van der Waals surface area contributed by atoms with Crippen molar-refractivity contribution < 1.29 is 17.2 Å². The van der Waals surface area contributed by atoms with E-state index in [0.717, 1.165) is 6.26 Å². The van der Waals surface area contributed by atoms with Gasteiger partial charge in [0.1, 0.15) is 0 Å². The maximum atomic E-state index is 13.2. The number of nitrogens with one attached hydrogen (secondary N) is 1. The standard InChI is InChI=1S/C10H14F2NO2PS/c1-17(14,15)9-5-13-8-4-6(10(11,12)16)2-3-7(8)9/h5-6,13H,2-4,16H2,1H3. The molecule has 2 rings (SSSR count). The lowest BCUT2D eigenvalue weighted by Crippen LogP contribution is -2.27. The summed E-state index contributed by atoms with van der Waals surface area (Å²) in [6.45, 7) is 0. The first-order valence-corrected chi connectivity index (χ1v) is 7.72. The number of alkyl halides is 2. The summed E-state index contributed by atoms with van der Waals surface area (Å²) in [6, 6.07) is 0. The van der Waals surface area contributed by atoms with Gasteiger partial charge in [-0.05, 0) is 24.8 Å².